The number of hydrogen-bond acceptors (Lipinski definition) is 5. The van der Waals surface area contributed by atoms with Crippen LogP contribution in [0.4, 0.5) is 0 Å². The SMILES string of the molecule is COc1ccc(C(C)N2CC(c3noc(-c4ccc(C(C)(C)C)cc4)n3)CC2=O)cc1. The Morgan fingerprint density at radius 3 is 2.39 bits per heavy atom. The molecule has 4 rings (SSSR count). The second-order valence-corrected chi connectivity index (χ2v) is 9.18. The van der Waals surface area contributed by atoms with Crippen molar-refractivity contribution in [1.29, 1.82) is 0 Å². The van der Waals surface area contributed by atoms with Crippen molar-refractivity contribution in [3.05, 3.63) is 65.5 Å². The molecule has 1 fully saturated rings. The summed E-state index contributed by atoms with van der Waals surface area (Å²) >= 11 is 0. The number of benzene rings is 2. The number of carbonyl (C=O) groups excluding carboxylic acids is 1. The summed E-state index contributed by atoms with van der Waals surface area (Å²) in [6.45, 7) is 9.17. The number of hydrogen-bond donors (Lipinski definition) is 0. The molecule has 1 aromatic heterocycles. The largest absolute Gasteiger partial charge is 0.497 e. The van der Waals surface area contributed by atoms with Gasteiger partial charge in [0.1, 0.15) is 5.75 Å². The Kier molecular flexibility index (Phi) is 5.56. The molecule has 2 heterocycles. The molecule has 1 aliphatic rings. The van der Waals surface area contributed by atoms with Gasteiger partial charge in [0.2, 0.25) is 5.91 Å². The molecule has 0 spiro atoms. The van der Waals surface area contributed by atoms with E-state index in [1.54, 1.807) is 7.11 Å². The summed E-state index contributed by atoms with van der Waals surface area (Å²) in [5.41, 5.74) is 3.30. The van der Waals surface area contributed by atoms with Crippen molar-refractivity contribution in [3.63, 3.8) is 0 Å². The molecule has 2 unspecified atom stereocenters. The highest BCUT2D eigenvalue weighted by Crippen LogP contribution is 2.34. The van der Waals surface area contributed by atoms with E-state index in [9.17, 15) is 4.79 Å². The zero-order chi connectivity index (χ0) is 22.2. The number of ether oxygens (including phenoxy) is 1. The van der Waals surface area contributed by atoms with Crippen LogP contribution in [0.2, 0.25) is 0 Å². The number of methoxy groups -OCH3 is 1. The maximum absolute atomic E-state index is 12.7. The molecule has 1 aliphatic heterocycles. The molecule has 0 aliphatic carbocycles. The molecule has 2 atom stereocenters. The Bertz CT molecular complexity index is 1050. The molecule has 2 aromatic carbocycles. The lowest BCUT2D eigenvalue weighted by molar-refractivity contribution is -0.129. The summed E-state index contributed by atoms with van der Waals surface area (Å²) in [5, 5.41) is 4.19. The molecule has 0 bridgehead atoms. The highest BCUT2D eigenvalue weighted by atomic mass is 16.5. The van der Waals surface area contributed by atoms with Gasteiger partial charge in [-0.25, -0.2) is 0 Å². The van der Waals surface area contributed by atoms with Gasteiger partial charge in [0.05, 0.1) is 13.2 Å². The van der Waals surface area contributed by atoms with Gasteiger partial charge in [-0.3, -0.25) is 4.79 Å². The van der Waals surface area contributed by atoms with Crippen LogP contribution in [0, 0.1) is 0 Å². The van der Waals surface area contributed by atoms with Crippen LogP contribution in [0.15, 0.2) is 53.1 Å². The van der Waals surface area contributed by atoms with E-state index >= 15 is 0 Å². The molecular weight excluding hydrogens is 390 g/mol. The summed E-state index contributed by atoms with van der Waals surface area (Å²) in [6, 6.07) is 16.0. The molecule has 1 saturated heterocycles. The maximum atomic E-state index is 12.7. The lowest BCUT2D eigenvalue weighted by Crippen LogP contribution is -2.28. The molecule has 0 saturated carbocycles. The first-order valence-electron chi connectivity index (χ1n) is 10.6. The van der Waals surface area contributed by atoms with Gasteiger partial charge in [-0.2, -0.15) is 4.98 Å². The molecule has 162 valence electrons. The van der Waals surface area contributed by atoms with E-state index in [0.29, 0.717) is 24.7 Å². The minimum Gasteiger partial charge on any atom is -0.497 e. The van der Waals surface area contributed by atoms with Gasteiger partial charge in [-0.15, -0.1) is 0 Å². The maximum Gasteiger partial charge on any atom is 0.257 e. The molecule has 3 aromatic rings. The number of amides is 1. The highest BCUT2D eigenvalue weighted by molar-refractivity contribution is 5.80. The standard InChI is InChI=1S/C25H29N3O3/c1-16(17-8-12-21(30-5)13-9-17)28-15-19(14-22(28)29)23-26-24(31-27-23)18-6-10-20(11-7-18)25(2,3)4/h6-13,16,19H,14-15H2,1-5H3. The predicted octanol–water partition coefficient (Wildman–Crippen LogP) is 5.12. The van der Waals surface area contributed by atoms with E-state index in [1.807, 2.05) is 48.2 Å². The van der Waals surface area contributed by atoms with Crippen molar-refractivity contribution < 1.29 is 14.1 Å². The number of nitrogens with zero attached hydrogens (tertiary/aromatic N) is 3. The average molecular weight is 420 g/mol. The fourth-order valence-corrected chi connectivity index (χ4v) is 3.97. The lowest BCUT2D eigenvalue weighted by Gasteiger charge is -2.25. The first-order valence-corrected chi connectivity index (χ1v) is 10.6. The smallest absolute Gasteiger partial charge is 0.257 e. The van der Waals surface area contributed by atoms with Gasteiger partial charge in [-0.05, 0) is 47.7 Å². The molecular formula is C25H29N3O3. The van der Waals surface area contributed by atoms with Crippen molar-refractivity contribution in [2.45, 2.75) is 51.5 Å². The third-order valence-corrected chi connectivity index (χ3v) is 6.03. The molecule has 0 radical (unpaired) electrons. The first-order chi connectivity index (χ1) is 14.8. The predicted molar refractivity (Wildman–Crippen MR) is 119 cm³/mol. The Hall–Kier alpha value is -3.15. The van der Waals surface area contributed by atoms with E-state index in [1.165, 1.54) is 5.56 Å². The van der Waals surface area contributed by atoms with Crippen LogP contribution < -0.4 is 4.74 Å². The van der Waals surface area contributed by atoms with E-state index in [4.69, 9.17) is 9.26 Å². The van der Waals surface area contributed by atoms with Gasteiger partial charge in [-0.1, -0.05) is 50.2 Å². The van der Waals surface area contributed by atoms with Crippen LogP contribution in [0.5, 0.6) is 5.75 Å². The Morgan fingerprint density at radius 2 is 1.77 bits per heavy atom. The van der Waals surface area contributed by atoms with Gasteiger partial charge < -0.3 is 14.2 Å². The summed E-state index contributed by atoms with van der Waals surface area (Å²) in [6.07, 6.45) is 0.391. The molecule has 6 nitrogen and oxygen atoms in total. The van der Waals surface area contributed by atoms with Crippen molar-refractivity contribution in [2.75, 3.05) is 13.7 Å². The fraction of sp³-hybridized carbons (Fsp3) is 0.400. The van der Waals surface area contributed by atoms with Gasteiger partial charge in [0, 0.05) is 24.4 Å². The van der Waals surface area contributed by atoms with Crippen molar-refractivity contribution in [1.82, 2.24) is 15.0 Å². The van der Waals surface area contributed by atoms with E-state index in [2.05, 4.69) is 43.0 Å². The van der Waals surface area contributed by atoms with E-state index in [0.717, 1.165) is 16.9 Å². The van der Waals surface area contributed by atoms with Crippen molar-refractivity contribution in [3.8, 4) is 17.2 Å². The first kappa shape index (κ1) is 21.1. The monoisotopic (exact) mass is 419 g/mol. The van der Waals surface area contributed by atoms with E-state index in [-0.39, 0.29) is 23.3 Å². The quantitative estimate of drug-likeness (QED) is 0.574. The number of likely N-dealkylation sites (tertiary alicyclic amines) is 1. The summed E-state index contributed by atoms with van der Waals surface area (Å²) in [7, 11) is 1.64. The Morgan fingerprint density at radius 1 is 1.10 bits per heavy atom. The number of carbonyl (C=O) groups is 1. The third kappa shape index (κ3) is 4.33. The van der Waals surface area contributed by atoms with Crippen molar-refractivity contribution >= 4 is 5.91 Å². The van der Waals surface area contributed by atoms with Crippen LogP contribution in [-0.4, -0.2) is 34.6 Å². The summed E-state index contributed by atoms with van der Waals surface area (Å²) in [4.78, 5) is 19.2. The van der Waals surface area contributed by atoms with Gasteiger partial charge in [0.15, 0.2) is 5.82 Å². The molecule has 31 heavy (non-hydrogen) atoms. The van der Waals surface area contributed by atoms with Gasteiger partial charge >= 0.3 is 0 Å². The van der Waals surface area contributed by atoms with Crippen LogP contribution in [0.3, 0.4) is 0 Å². The minimum atomic E-state index is -0.0699. The lowest BCUT2D eigenvalue weighted by atomic mass is 9.87. The summed E-state index contributed by atoms with van der Waals surface area (Å²) in [5.74, 6) is 1.92. The number of rotatable bonds is 5. The van der Waals surface area contributed by atoms with E-state index < -0.39 is 0 Å². The molecule has 1 amide bonds. The van der Waals surface area contributed by atoms with Crippen LogP contribution in [-0.2, 0) is 10.2 Å². The Balaban J connectivity index is 1.47. The number of aromatic nitrogens is 2. The molecule has 0 N–H and O–H groups in total. The second kappa shape index (κ2) is 8.17. The summed E-state index contributed by atoms with van der Waals surface area (Å²) < 4.78 is 10.7. The van der Waals surface area contributed by atoms with Gasteiger partial charge in [0.25, 0.3) is 5.89 Å². The van der Waals surface area contributed by atoms with Crippen LogP contribution in [0.1, 0.15) is 63.0 Å². The normalized spacial score (nSPS) is 17.8. The molecule has 6 heteroatoms. The fourth-order valence-electron chi connectivity index (χ4n) is 3.97. The Labute approximate surface area is 183 Å². The highest BCUT2D eigenvalue weighted by Gasteiger charge is 2.36. The second-order valence-electron chi connectivity index (χ2n) is 9.18. The van der Waals surface area contributed by atoms with Crippen LogP contribution in [0.25, 0.3) is 11.5 Å². The zero-order valence-corrected chi connectivity index (χ0v) is 18.8. The third-order valence-electron chi connectivity index (χ3n) is 6.03. The van der Waals surface area contributed by atoms with Crippen molar-refractivity contribution in [2.24, 2.45) is 0 Å². The zero-order valence-electron chi connectivity index (χ0n) is 18.8. The minimum absolute atomic E-state index is 0.0280. The van der Waals surface area contributed by atoms with Crippen LogP contribution >= 0.6 is 0 Å². The average Bonchev–Trinajstić information content (AvgIpc) is 3.40. The topological polar surface area (TPSA) is 68.5 Å².